The van der Waals surface area contributed by atoms with Gasteiger partial charge in [0.15, 0.2) is 5.11 Å². The number of hydrogen-bond donors (Lipinski definition) is 2. The predicted molar refractivity (Wildman–Crippen MR) is 101 cm³/mol. The zero-order valence-corrected chi connectivity index (χ0v) is 15.4. The van der Waals surface area contributed by atoms with Crippen molar-refractivity contribution in [2.75, 3.05) is 5.32 Å². The lowest BCUT2D eigenvalue weighted by molar-refractivity contribution is 0.715. The average Bonchev–Trinajstić information content (AvgIpc) is 2.86. The van der Waals surface area contributed by atoms with Crippen LogP contribution >= 0.6 is 12.2 Å². The van der Waals surface area contributed by atoms with Crippen LogP contribution in [0.2, 0.25) is 0 Å². The number of thiocarbonyl (C=S) groups is 1. The zero-order chi connectivity index (χ0) is 17.0. The van der Waals surface area contributed by atoms with E-state index in [1.165, 1.54) is 5.56 Å². The standard InChI is InChI=1S/C18H26N4S/c1-6-12(2)15-7-9-16(10-8-15)20-18(23)19-13(3)17-11-22(5)21-14(17)4/h7-13H,6H2,1-5H3,(H2,19,20,23). The summed E-state index contributed by atoms with van der Waals surface area (Å²) in [6, 6.07) is 8.59. The normalized spacial score (nSPS) is 13.4. The number of nitrogens with one attached hydrogen (secondary N) is 2. The van der Waals surface area contributed by atoms with E-state index < -0.39 is 0 Å². The zero-order valence-electron chi connectivity index (χ0n) is 14.6. The lowest BCUT2D eigenvalue weighted by atomic mass is 9.99. The minimum atomic E-state index is 0.114. The molecule has 0 amide bonds. The highest BCUT2D eigenvalue weighted by Crippen LogP contribution is 2.21. The number of anilines is 1. The van der Waals surface area contributed by atoms with Crippen LogP contribution in [-0.2, 0) is 7.05 Å². The van der Waals surface area contributed by atoms with Crippen molar-refractivity contribution in [3.05, 3.63) is 47.3 Å². The highest BCUT2D eigenvalue weighted by molar-refractivity contribution is 7.80. The van der Waals surface area contributed by atoms with Crippen molar-refractivity contribution in [1.29, 1.82) is 0 Å². The van der Waals surface area contributed by atoms with Crippen LogP contribution in [-0.4, -0.2) is 14.9 Å². The van der Waals surface area contributed by atoms with Gasteiger partial charge in [0.1, 0.15) is 0 Å². The van der Waals surface area contributed by atoms with E-state index in [-0.39, 0.29) is 6.04 Å². The molecule has 4 nitrogen and oxygen atoms in total. The molecule has 0 aliphatic heterocycles. The number of aryl methyl sites for hydroxylation is 2. The van der Waals surface area contributed by atoms with Gasteiger partial charge >= 0.3 is 0 Å². The van der Waals surface area contributed by atoms with E-state index in [2.05, 4.69) is 60.8 Å². The molecule has 23 heavy (non-hydrogen) atoms. The van der Waals surface area contributed by atoms with Crippen LogP contribution in [0.3, 0.4) is 0 Å². The highest BCUT2D eigenvalue weighted by Gasteiger charge is 2.12. The fraction of sp³-hybridized carbons (Fsp3) is 0.444. The van der Waals surface area contributed by atoms with Gasteiger partial charge in [-0.3, -0.25) is 4.68 Å². The molecular weight excluding hydrogens is 304 g/mol. The summed E-state index contributed by atoms with van der Waals surface area (Å²) in [5.74, 6) is 0.586. The van der Waals surface area contributed by atoms with Crippen molar-refractivity contribution >= 4 is 23.0 Å². The summed E-state index contributed by atoms with van der Waals surface area (Å²) in [7, 11) is 1.93. The third-order valence-electron chi connectivity index (χ3n) is 4.22. The van der Waals surface area contributed by atoms with Crippen LogP contribution in [0.1, 0.15) is 56.0 Å². The number of nitrogens with zero attached hydrogens (tertiary/aromatic N) is 2. The summed E-state index contributed by atoms with van der Waals surface area (Å²) in [6.45, 7) is 8.55. The van der Waals surface area contributed by atoms with E-state index in [0.717, 1.165) is 23.4 Å². The predicted octanol–water partition coefficient (Wildman–Crippen LogP) is 4.29. The van der Waals surface area contributed by atoms with Crippen LogP contribution in [0, 0.1) is 6.92 Å². The van der Waals surface area contributed by atoms with Crippen molar-refractivity contribution in [3.63, 3.8) is 0 Å². The summed E-state index contributed by atoms with van der Waals surface area (Å²) in [4.78, 5) is 0. The molecule has 0 bridgehead atoms. The van der Waals surface area contributed by atoms with Crippen LogP contribution in [0.15, 0.2) is 30.5 Å². The fourth-order valence-electron chi connectivity index (χ4n) is 2.62. The maximum Gasteiger partial charge on any atom is 0.171 e. The minimum Gasteiger partial charge on any atom is -0.356 e. The fourth-order valence-corrected chi connectivity index (χ4v) is 2.91. The average molecular weight is 331 g/mol. The Balaban J connectivity index is 1.95. The molecule has 2 aromatic rings. The van der Waals surface area contributed by atoms with E-state index in [1.807, 2.05) is 24.9 Å². The highest BCUT2D eigenvalue weighted by atomic mass is 32.1. The third kappa shape index (κ3) is 4.55. The molecule has 0 aliphatic rings. The van der Waals surface area contributed by atoms with E-state index in [9.17, 15) is 0 Å². The molecule has 2 N–H and O–H groups in total. The van der Waals surface area contributed by atoms with Gasteiger partial charge < -0.3 is 10.6 Å². The lowest BCUT2D eigenvalue weighted by Gasteiger charge is -2.17. The molecule has 0 aliphatic carbocycles. The molecule has 0 fully saturated rings. The summed E-state index contributed by atoms with van der Waals surface area (Å²) in [6.07, 6.45) is 3.17. The second-order valence-corrected chi connectivity index (χ2v) is 6.50. The molecule has 0 spiro atoms. The van der Waals surface area contributed by atoms with Crippen LogP contribution in [0.5, 0.6) is 0 Å². The van der Waals surface area contributed by atoms with Crippen LogP contribution in [0.25, 0.3) is 0 Å². The van der Waals surface area contributed by atoms with E-state index in [1.54, 1.807) is 0 Å². The number of aromatic nitrogens is 2. The first kappa shape index (κ1) is 17.5. The molecule has 1 aromatic carbocycles. The van der Waals surface area contributed by atoms with Gasteiger partial charge in [-0.2, -0.15) is 5.10 Å². The van der Waals surface area contributed by atoms with Crippen molar-refractivity contribution in [2.24, 2.45) is 7.05 Å². The molecule has 5 heteroatoms. The van der Waals surface area contributed by atoms with Gasteiger partial charge in [0.2, 0.25) is 0 Å². The maximum absolute atomic E-state index is 5.42. The Kier molecular flexibility index (Phi) is 5.77. The largest absolute Gasteiger partial charge is 0.356 e. The van der Waals surface area contributed by atoms with Gasteiger partial charge in [0, 0.05) is 24.5 Å². The van der Waals surface area contributed by atoms with Gasteiger partial charge in [-0.25, -0.2) is 0 Å². The van der Waals surface area contributed by atoms with Crippen molar-refractivity contribution in [3.8, 4) is 0 Å². The molecule has 2 unspecified atom stereocenters. The molecule has 0 saturated heterocycles. The smallest absolute Gasteiger partial charge is 0.171 e. The molecule has 0 radical (unpaired) electrons. The van der Waals surface area contributed by atoms with Gasteiger partial charge in [0.05, 0.1) is 11.7 Å². The molecule has 1 heterocycles. The van der Waals surface area contributed by atoms with Gasteiger partial charge in [-0.1, -0.05) is 26.0 Å². The van der Waals surface area contributed by atoms with Crippen molar-refractivity contribution in [2.45, 2.75) is 46.1 Å². The van der Waals surface area contributed by atoms with E-state index >= 15 is 0 Å². The Morgan fingerprint density at radius 1 is 1.26 bits per heavy atom. The second-order valence-electron chi connectivity index (χ2n) is 6.09. The van der Waals surface area contributed by atoms with Gasteiger partial charge in [0.25, 0.3) is 0 Å². The SMILES string of the molecule is CCC(C)c1ccc(NC(=S)NC(C)c2cn(C)nc2C)cc1. The quantitative estimate of drug-likeness (QED) is 0.803. The number of hydrogen-bond acceptors (Lipinski definition) is 2. The molecule has 2 rings (SSSR count). The van der Waals surface area contributed by atoms with Crippen molar-refractivity contribution < 1.29 is 0 Å². The molecule has 124 valence electrons. The first-order valence-corrected chi connectivity index (χ1v) is 8.49. The summed E-state index contributed by atoms with van der Waals surface area (Å²) in [5, 5.41) is 11.6. The van der Waals surface area contributed by atoms with Gasteiger partial charge in [-0.05, 0) is 56.1 Å². The Bertz CT molecular complexity index is 660. The molecule has 1 aromatic heterocycles. The number of benzene rings is 1. The molecule has 2 atom stereocenters. The Hall–Kier alpha value is -1.88. The molecule has 0 saturated carbocycles. The van der Waals surface area contributed by atoms with Crippen LogP contribution < -0.4 is 10.6 Å². The topological polar surface area (TPSA) is 41.9 Å². The Morgan fingerprint density at radius 2 is 1.91 bits per heavy atom. The number of rotatable bonds is 5. The molecular formula is C18H26N4S. The monoisotopic (exact) mass is 330 g/mol. The van der Waals surface area contributed by atoms with Crippen LogP contribution in [0.4, 0.5) is 5.69 Å². The lowest BCUT2D eigenvalue weighted by Crippen LogP contribution is -2.31. The van der Waals surface area contributed by atoms with Crippen molar-refractivity contribution in [1.82, 2.24) is 15.1 Å². The second kappa shape index (κ2) is 7.59. The minimum absolute atomic E-state index is 0.114. The Morgan fingerprint density at radius 3 is 2.43 bits per heavy atom. The first-order valence-electron chi connectivity index (χ1n) is 8.08. The summed E-state index contributed by atoms with van der Waals surface area (Å²) < 4.78 is 1.83. The summed E-state index contributed by atoms with van der Waals surface area (Å²) in [5.41, 5.74) is 4.54. The van der Waals surface area contributed by atoms with E-state index in [4.69, 9.17) is 12.2 Å². The third-order valence-corrected chi connectivity index (χ3v) is 4.44. The first-order chi connectivity index (χ1) is 10.9. The maximum atomic E-state index is 5.42. The van der Waals surface area contributed by atoms with E-state index in [0.29, 0.717) is 11.0 Å². The Labute approximate surface area is 144 Å². The van der Waals surface area contributed by atoms with Gasteiger partial charge in [-0.15, -0.1) is 0 Å². The summed E-state index contributed by atoms with van der Waals surface area (Å²) >= 11 is 5.42.